The van der Waals surface area contributed by atoms with Gasteiger partial charge in [0, 0.05) is 35.0 Å². The minimum absolute atomic E-state index is 0.0220. The normalized spacial score (nSPS) is 11.9. The molecule has 3 N–H and O–H groups in total. The van der Waals surface area contributed by atoms with Crippen molar-refractivity contribution in [2.24, 2.45) is 5.73 Å². The van der Waals surface area contributed by atoms with Crippen molar-refractivity contribution in [2.75, 3.05) is 17.7 Å². The number of benzene rings is 2. The van der Waals surface area contributed by atoms with Crippen LogP contribution in [0.1, 0.15) is 35.5 Å². The van der Waals surface area contributed by atoms with Gasteiger partial charge in [-0.15, -0.1) is 11.8 Å². The van der Waals surface area contributed by atoms with Crippen LogP contribution in [-0.2, 0) is 0 Å². The number of carbonyl (C=O) groups excluding carboxylic acids is 1. The maximum atomic E-state index is 14.4. The summed E-state index contributed by atoms with van der Waals surface area (Å²) < 4.78 is 14.4. The number of pyridine rings is 1. The van der Waals surface area contributed by atoms with Crippen molar-refractivity contribution in [3.8, 4) is 11.1 Å². The van der Waals surface area contributed by atoms with E-state index in [9.17, 15) is 14.3 Å². The number of nitrogens with two attached hydrogens (primary N) is 1. The smallest absolute Gasteiger partial charge is 0.248 e. The molecule has 0 radical (unpaired) electrons. The summed E-state index contributed by atoms with van der Waals surface area (Å²) in [4.78, 5) is 18.4. The largest absolute Gasteiger partial charge is 0.369 e. The minimum Gasteiger partial charge on any atom is -0.369 e. The lowest BCUT2D eigenvalue weighted by Crippen LogP contribution is -2.26. The number of anilines is 1. The minimum atomic E-state index is -1.34. The predicted octanol–water partition coefficient (Wildman–Crippen LogP) is 5.92. The van der Waals surface area contributed by atoms with Crippen molar-refractivity contribution in [1.82, 2.24) is 4.98 Å². The standard InChI is InChI=1S/C23H22Cl2FN3O2S/c1-3-9-32-19-11-14(15-10-13(21(27)30)7-8-16(15)24)12-28-22(19)29(2)23(31)20-17(25)5-4-6-18(20)26/h4-8,10-12,23,31H,3,9H2,1-2H3,(H2,27,30). The van der Waals surface area contributed by atoms with Gasteiger partial charge in [0.05, 0.1) is 15.5 Å². The molecule has 1 unspecified atom stereocenters. The Kier molecular flexibility index (Phi) is 8.00. The quantitative estimate of drug-likeness (QED) is 0.300. The van der Waals surface area contributed by atoms with Gasteiger partial charge < -0.3 is 15.7 Å². The molecule has 0 aliphatic carbocycles. The van der Waals surface area contributed by atoms with Crippen LogP contribution in [0.2, 0.25) is 10.0 Å². The Balaban J connectivity index is 2.06. The zero-order valence-corrected chi connectivity index (χ0v) is 19.8. The molecule has 0 spiro atoms. The Labute approximate surface area is 200 Å². The van der Waals surface area contributed by atoms with E-state index >= 15 is 0 Å². The second-order valence-corrected chi connectivity index (χ2v) is 9.02. The fourth-order valence-electron chi connectivity index (χ4n) is 3.13. The third-order valence-electron chi connectivity index (χ3n) is 4.82. The Bertz CT molecular complexity index is 1130. The lowest BCUT2D eigenvalue weighted by molar-refractivity contribution is 0.100. The molecule has 3 aromatic rings. The van der Waals surface area contributed by atoms with Crippen LogP contribution in [0, 0.1) is 5.82 Å². The van der Waals surface area contributed by atoms with E-state index in [2.05, 4.69) is 11.9 Å². The fraction of sp³-hybridized carbons (Fsp3) is 0.217. The van der Waals surface area contributed by atoms with Crippen LogP contribution >= 0.6 is 35.0 Å². The molecular weight excluding hydrogens is 472 g/mol. The number of halogens is 3. The molecule has 0 saturated carbocycles. The van der Waals surface area contributed by atoms with Crippen LogP contribution < -0.4 is 10.6 Å². The van der Waals surface area contributed by atoms with Crippen molar-refractivity contribution < 1.29 is 14.3 Å². The van der Waals surface area contributed by atoms with Gasteiger partial charge in [-0.05, 0) is 48.6 Å². The highest BCUT2D eigenvalue weighted by molar-refractivity contribution is 7.99. The third kappa shape index (κ3) is 5.18. The van der Waals surface area contributed by atoms with E-state index in [1.165, 1.54) is 23.1 Å². The van der Waals surface area contributed by atoms with Crippen molar-refractivity contribution in [1.29, 1.82) is 0 Å². The molecule has 0 aliphatic heterocycles. The zero-order valence-electron chi connectivity index (χ0n) is 17.5. The van der Waals surface area contributed by atoms with E-state index in [0.29, 0.717) is 27.5 Å². The summed E-state index contributed by atoms with van der Waals surface area (Å²) in [6.45, 7) is 2.05. The summed E-state index contributed by atoms with van der Waals surface area (Å²) in [7, 11) is 1.62. The number of hydrogen-bond acceptors (Lipinski definition) is 5. The van der Waals surface area contributed by atoms with Gasteiger partial charge in [-0.25, -0.2) is 9.37 Å². The van der Waals surface area contributed by atoms with E-state index in [0.717, 1.165) is 17.1 Å². The summed E-state index contributed by atoms with van der Waals surface area (Å²) in [5.74, 6) is 0.0996. The fourth-order valence-corrected chi connectivity index (χ4v) is 4.58. The van der Waals surface area contributed by atoms with Crippen molar-refractivity contribution in [2.45, 2.75) is 24.5 Å². The highest BCUT2D eigenvalue weighted by atomic mass is 35.5. The first-order valence-corrected chi connectivity index (χ1v) is 11.6. The SMILES string of the molecule is CCCSc1cc(-c2cc(C(N)=O)ccc2Cl)cnc1N(C)C(O)c1c(F)cccc1Cl. The first-order valence-electron chi connectivity index (χ1n) is 9.82. The molecule has 0 bridgehead atoms. The third-order valence-corrected chi connectivity index (χ3v) is 6.70. The molecule has 1 atom stereocenters. The first-order chi connectivity index (χ1) is 15.2. The number of aliphatic hydroxyl groups is 1. The number of amides is 1. The number of carbonyl (C=O) groups is 1. The molecule has 168 valence electrons. The van der Waals surface area contributed by atoms with Crippen molar-refractivity contribution in [3.05, 3.63) is 75.7 Å². The Morgan fingerprint density at radius 1 is 1.25 bits per heavy atom. The van der Waals surface area contributed by atoms with Gasteiger partial charge in [0.2, 0.25) is 5.91 Å². The number of aromatic nitrogens is 1. The molecule has 1 amide bonds. The molecule has 5 nitrogen and oxygen atoms in total. The van der Waals surface area contributed by atoms with Gasteiger partial charge in [0.15, 0.2) is 6.23 Å². The van der Waals surface area contributed by atoms with E-state index in [1.807, 2.05) is 6.07 Å². The average Bonchev–Trinajstić information content (AvgIpc) is 2.77. The van der Waals surface area contributed by atoms with Crippen LogP contribution in [0.4, 0.5) is 10.2 Å². The predicted molar refractivity (Wildman–Crippen MR) is 129 cm³/mol. The molecule has 0 saturated heterocycles. The summed E-state index contributed by atoms with van der Waals surface area (Å²) in [5.41, 5.74) is 7.01. The second-order valence-electron chi connectivity index (χ2n) is 7.07. The number of hydrogen-bond donors (Lipinski definition) is 2. The van der Waals surface area contributed by atoms with Crippen LogP contribution in [-0.4, -0.2) is 28.8 Å². The number of primary amides is 1. The summed E-state index contributed by atoms with van der Waals surface area (Å²) in [5, 5.41) is 11.4. The van der Waals surface area contributed by atoms with Gasteiger partial charge in [-0.2, -0.15) is 0 Å². The van der Waals surface area contributed by atoms with Crippen LogP contribution in [0.3, 0.4) is 0 Å². The van der Waals surface area contributed by atoms with Gasteiger partial charge in [0.25, 0.3) is 0 Å². The van der Waals surface area contributed by atoms with E-state index in [4.69, 9.17) is 28.9 Å². The average molecular weight is 494 g/mol. The molecule has 0 fully saturated rings. The molecule has 9 heteroatoms. The van der Waals surface area contributed by atoms with Crippen molar-refractivity contribution in [3.63, 3.8) is 0 Å². The highest BCUT2D eigenvalue weighted by Gasteiger charge is 2.24. The van der Waals surface area contributed by atoms with E-state index in [-0.39, 0.29) is 10.6 Å². The number of rotatable bonds is 8. The molecule has 32 heavy (non-hydrogen) atoms. The summed E-state index contributed by atoms with van der Waals surface area (Å²) in [6, 6.07) is 10.9. The van der Waals surface area contributed by atoms with Gasteiger partial charge in [-0.3, -0.25) is 4.79 Å². The van der Waals surface area contributed by atoms with Crippen LogP contribution in [0.5, 0.6) is 0 Å². The maximum absolute atomic E-state index is 14.4. The zero-order chi connectivity index (χ0) is 23.4. The van der Waals surface area contributed by atoms with E-state index < -0.39 is 18.0 Å². The first kappa shape index (κ1) is 24.3. The lowest BCUT2D eigenvalue weighted by Gasteiger charge is -2.28. The van der Waals surface area contributed by atoms with Crippen molar-refractivity contribution >= 4 is 46.7 Å². The lowest BCUT2D eigenvalue weighted by atomic mass is 10.0. The monoisotopic (exact) mass is 493 g/mol. The summed E-state index contributed by atoms with van der Waals surface area (Å²) >= 11 is 14.0. The van der Waals surface area contributed by atoms with Crippen LogP contribution in [0.15, 0.2) is 53.6 Å². The topological polar surface area (TPSA) is 79.5 Å². The number of aliphatic hydroxyl groups excluding tert-OH is 1. The molecule has 1 heterocycles. The maximum Gasteiger partial charge on any atom is 0.248 e. The molecule has 3 rings (SSSR count). The van der Waals surface area contributed by atoms with Gasteiger partial charge in [-0.1, -0.05) is 36.2 Å². The molecule has 1 aromatic heterocycles. The Morgan fingerprint density at radius 3 is 2.66 bits per heavy atom. The molecule has 2 aromatic carbocycles. The molecular formula is C23H22Cl2FN3O2S. The van der Waals surface area contributed by atoms with Gasteiger partial charge >= 0.3 is 0 Å². The highest BCUT2D eigenvalue weighted by Crippen LogP contribution is 2.38. The summed E-state index contributed by atoms with van der Waals surface area (Å²) in [6.07, 6.45) is 1.16. The number of nitrogens with zero attached hydrogens (tertiary/aromatic N) is 2. The van der Waals surface area contributed by atoms with Crippen LogP contribution in [0.25, 0.3) is 11.1 Å². The van der Waals surface area contributed by atoms with Gasteiger partial charge in [0.1, 0.15) is 11.6 Å². The molecule has 0 aliphatic rings. The Hall–Kier alpha value is -2.32. The van der Waals surface area contributed by atoms with E-state index in [1.54, 1.807) is 43.2 Å². The second kappa shape index (κ2) is 10.5. The number of thioether (sulfide) groups is 1. The Morgan fingerprint density at radius 2 is 2.00 bits per heavy atom.